The molecule has 1 aliphatic heterocycles. The maximum atomic E-state index is 5.91. The van der Waals surface area contributed by atoms with Gasteiger partial charge in [-0.25, -0.2) is 0 Å². The average molecular weight is 311 g/mol. The number of allylic oxidation sites excluding steroid dienone is 1. The van der Waals surface area contributed by atoms with Gasteiger partial charge < -0.3 is 10.2 Å². The number of hydrogen-bond donors (Lipinski definition) is 1. The fraction of sp³-hybridized carbons (Fsp3) is 0.895. The summed E-state index contributed by atoms with van der Waals surface area (Å²) in [5.74, 6) is 0.763. The smallest absolute Gasteiger partial charge is 0.114 e. The standard InChI is InChI=1S/C16H32N2O.C3H6/c1-8-9-10-17-14-11-15(4,5)18(19-13(2)3)16(6,7)12-14;1-2-3-1/h14,17H,2,8-12H2,1,3-7H3;1-3H2. The van der Waals surface area contributed by atoms with Gasteiger partial charge in [0.05, 0.1) is 11.1 Å². The molecule has 0 aromatic carbocycles. The Morgan fingerprint density at radius 1 is 1.14 bits per heavy atom. The Labute approximate surface area is 138 Å². The molecule has 3 heteroatoms. The zero-order chi connectivity index (χ0) is 16.8. The van der Waals surface area contributed by atoms with Gasteiger partial charge in [-0.2, -0.15) is 0 Å². The lowest BCUT2D eigenvalue weighted by atomic mass is 9.79. The number of nitrogens with one attached hydrogen (secondary N) is 1. The van der Waals surface area contributed by atoms with Gasteiger partial charge >= 0.3 is 0 Å². The molecule has 22 heavy (non-hydrogen) atoms. The monoisotopic (exact) mass is 310 g/mol. The zero-order valence-electron chi connectivity index (χ0n) is 15.8. The highest BCUT2D eigenvalue weighted by molar-refractivity contribution is 5.00. The quantitative estimate of drug-likeness (QED) is 0.550. The molecule has 2 rings (SSSR count). The van der Waals surface area contributed by atoms with Crippen LogP contribution in [0.3, 0.4) is 0 Å². The summed E-state index contributed by atoms with van der Waals surface area (Å²) in [5.41, 5.74) is 0.0369. The van der Waals surface area contributed by atoms with E-state index >= 15 is 0 Å². The summed E-state index contributed by atoms with van der Waals surface area (Å²) in [5, 5.41) is 5.84. The fourth-order valence-corrected chi connectivity index (χ4v) is 3.29. The van der Waals surface area contributed by atoms with Crippen LogP contribution in [0, 0.1) is 0 Å². The first-order chi connectivity index (χ1) is 10.2. The van der Waals surface area contributed by atoms with Crippen LogP contribution in [-0.2, 0) is 4.84 Å². The van der Waals surface area contributed by atoms with Gasteiger partial charge in [-0.05, 0) is 60.4 Å². The molecule has 0 aromatic rings. The molecule has 0 radical (unpaired) electrons. The first-order valence-corrected chi connectivity index (χ1v) is 9.06. The molecule has 0 atom stereocenters. The van der Waals surface area contributed by atoms with E-state index in [-0.39, 0.29) is 11.1 Å². The largest absolute Gasteiger partial charge is 0.410 e. The highest BCUT2D eigenvalue weighted by atomic mass is 16.7. The van der Waals surface area contributed by atoms with Crippen LogP contribution in [0.2, 0.25) is 0 Å². The van der Waals surface area contributed by atoms with Crippen molar-refractivity contribution in [2.75, 3.05) is 6.54 Å². The lowest BCUT2D eigenvalue weighted by Crippen LogP contribution is -2.63. The highest BCUT2D eigenvalue weighted by Crippen LogP contribution is 2.39. The molecule has 1 saturated heterocycles. The third kappa shape index (κ3) is 6.70. The minimum absolute atomic E-state index is 0.0184. The normalized spacial score (nSPS) is 23.4. The van der Waals surface area contributed by atoms with E-state index in [1.54, 1.807) is 0 Å². The van der Waals surface area contributed by atoms with Gasteiger partial charge in [0, 0.05) is 6.04 Å². The van der Waals surface area contributed by atoms with Crippen LogP contribution in [0.5, 0.6) is 0 Å². The lowest BCUT2D eigenvalue weighted by molar-refractivity contribution is -0.259. The van der Waals surface area contributed by atoms with Crippen molar-refractivity contribution in [1.29, 1.82) is 0 Å². The maximum Gasteiger partial charge on any atom is 0.114 e. The lowest BCUT2D eigenvalue weighted by Gasteiger charge is -2.53. The van der Waals surface area contributed by atoms with Gasteiger partial charge in [0.15, 0.2) is 0 Å². The molecule has 0 amide bonds. The third-order valence-electron chi connectivity index (χ3n) is 4.16. The molecular weight excluding hydrogens is 272 g/mol. The van der Waals surface area contributed by atoms with E-state index < -0.39 is 0 Å². The van der Waals surface area contributed by atoms with E-state index in [9.17, 15) is 0 Å². The van der Waals surface area contributed by atoms with Crippen molar-refractivity contribution in [1.82, 2.24) is 10.4 Å². The SMILES string of the molecule is C1CC1.C=C(C)ON1C(C)(C)CC(NCCCC)CC1(C)C. The number of rotatable bonds is 6. The second kappa shape index (κ2) is 8.35. The Bertz CT molecular complexity index is 327. The van der Waals surface area contributed by atoms with E-state index in [1.807, 2.05) is 6.92 Å². The van der Waals surface area contributed by atoms with Crippen LogP contribution in [0.25, 0.3) is 0 Å². The van der Waals surface area contributed by atoms with Gasteiger partial charge in [-0.3, -0.25) is 0 Å². The van der Waals surface area contributed by atoms with E-state index in [4.69, 9.17) is 4.84 Å². The average Bonchev–Trinajstić information content (AvgIpc) is 3.21. The molecule has 1 aliphatic carbocycles. The predicted octanol–water partition coefficient (Wildman–Crippen LogP) is 5.03. The zero-order valence-corrected chi connectivity index (χ0v) is 15.8. The topological polar surface area (TPSA) is 24.5 Å². The van der Waals surface area contributed by atoms with Gasteiger partial charge in [0.2, 0.25) is 0 Å². The Morgan fingerprint density at radius 3 is 2.00 bits per heavy atom. The van der Waals surface area contributed by atoms with Crippen LogP contribution in [0.15, 0.2) is 12.3 Å². The fourth-order valence-electron chi connectivity index (χ4n) is 3.29. The molecular formula is C19H38N2O. The summed E-state index contributed by atoms with van der Waals surface area (Å²) in [7, 11) is 0. The molecule has 2 fully saturated rings. The van der Waals surface area contributed by atoms with Gasteiger partial charge in [0.25, 0.3) is 0 Å². The second-order valence-corrected chi connectivity index (χ2v) is 8.19. The maximum absolute atomic E-state index is 5.91. The first-order valence-electron chi connectivity index (χ1n) is 9.06. The molecule has 0 aromatic heterocycles. The number of unbranched alkanes of at least 4 members (excludes halogenated alkanes) is 1. The van der Waals surface area contributed by atoms with Gasteiger partial charge in [-0.1, -0.05) is 39.2 Å². The summed E-state index contributed by atoms with van der Waals surface area (Å²) >= 11 is 0. The number of nitrogens with zero attached hydrogens (tertiary/aromatic N) is 1. The van der Waals surface area contributed by atoms with Crippen molar-refractivity contribution < 1.29 is 4.84 Å². The molecule has 1 N–H and O–H groups in total. The summed E-state index contributed by atoms with van der Waals surface area (Å²) in [6, 6.07) is 0.571. The molecule has 130 valence electrons. The molecule has 0 unspecified atom stereocenters. The highest BCUT2D eigenvalue weighted by Gasteiger charge is 2.47. The Morgan fingerprint density at radius 2 is 1.64 bits per heavy atom. The predicted molar refractivity (Wildman–Crippen MR) is 95.7 cm³/mol. The van der Waals surface area contributed by atoms with Crippen molar-refractivity contribution in [3.05, 3.63) is 12.3 Å². The number of hydroxylamine groups is 2. The van der Waals surface area contributed by atoms with Crippen molar-refractivity contribution in [2.24, 2.45) is 0 Å². The number of hydrogen-bond acceptors (Lipinski definition) is 3. The first kappa shape index (κ1) is 19.5. The van der Waals surface area contributed by atoms with Crippen LogP contribution in [-0.4, -0.2) is 28.7 Å². The van der Waals surface area contributed by atoms with Crippen molar-refractivity contribution >= 4 is 0 Å². The second-order valence-electron chi connectivity index (χ2n) is 8.19. The van der Waals surface area contributed by atoms with Crippen LogP contribution < -0.4 is 5.32 Å². The molecule has 0 spiro atoms. The Kier molecular flexibility index (Phi) is 7.40. The Balaban J connectivity index is 0.000000714. The molecule has 0 bridgehead atoms. The van der Waals surface area contributed by atoms with Crippen molar-refractivity contribution in [2.45, 2.75) is 104 Å². The van der Waals surface area contributed by atoms with E-state index in [0.717, 1.165) is 25.1 Å². The van der Waals surface area contributed by atoms with Crippen LogP contribution >= 0.6 is 0 Å². The molecule has 2 aliphatic rings. The Hall–Kier alpha value is -0.540. The molecule has 1 saturated carbocycles. The molecule has 3 nitrogen and oxygen atoms in total. The summed E-state index contributed by atoms with van der Waals surface area (Å²) in [4.78, 5) is 5.91. The van der Waals surface area contributed by atoms with E-state index in [1.165, 1.54) is 32.1 Å². The van der Waals surface area contributed by atoms with Crippen LogP contribution in [0.1, 0.15) is 86.5 Å². The van der Waals surface area contributed by atoms with E-state index in [2.05, 4.69) is 51.6 Å². The summed E-state index contributed by atoms with van der Waals surface area (Å²) < 4.78 is 0. The van der Waals surface area contributed by atoms with Gasteiger partial charge in [0.1, 0.15) is 5.76 Å². The summed E-state index contributed by atoms with van der Waals surface area (Å²) in [6.45, 7) is 18.2. The van der Waals surface area contributed by atoms with Gasteiger partial charge in [-0.15, -0.1) is 5.06 Å². The summed E-state index contributed by atoms with van der Waals surface area (Å²) in [6.07, 6.45) is 9.21. The molecule has 1 heterocycles. The number of piperidine rings is 1. The third-order valence-corrected chi connectivity index (χ3v) is 4.16. The minimum atomic E-state index is 0.0184. The van der Waals surface area contributed by atoms with E-state index in [0.29, 0.717) is 6.04 Å². The van der Waals surface area contributed by atoms with Crippen molar-refractivity contribution in [3.63, 3.8) is 0 Å². The van der Waals surface area contributed by atoms with Crippen molar-refractivity contribution in [3.8, 4) is 0 Å². The van der Waals surface area contributed by atoms with Crippen LogP contribution in [0.4, 0.5) is 0 Å². The minimum Gasteiger partial charge on any atom is -0.410 e.